The van der Waals surface area contributed by atoms with Crippen molar-refractivity contribution in [3.8, 4) is 5.88 Å². The zero-order chi connectivity index (χ0) is 19.6. The molecule has 3 aromatic rings. The molecule has 3 rings (SSSR count). The first-order valence-corrected chi connectivity index (χ1v) is 9.27. The van der Waals surface area contributed by atoms with E-state index in [1.54, 1.807) is 16.8 Å². The molecule has 0 aliphatic rings. The Morgan fingerprint density at radius 1 is 1.04 bits per heavy atom. The molecular weight excluding hydrogens is 336 g/mol. The lowest BCUT2D eigenvalue weighted by molar-refractivity contribution is 0.103. The highest BCUT2D eigenvalue weighted by Crippen LogP contribution is 2.34. The minimum atomic E-state index is -0.482. The molecule has 140 valence electrons. The van der Waals surface area contributed by atoms with Gasteiger partial charge in [-0.05, 0) is 31.7 Å². The first-order valence-electron chi connectivity index (χ1n) is 9.27. The Labute approximate surface area is 160 Å². The molecule has 0 atom stereocenters. The topological polar surface area (TPSA) is 55.1 Å². The largest absolute Gasteiger partial charge is 0.493 e. The van der Waals surface area contributed by atoms with Crippen molar-refractivity contribution >= 4 is 5.78 Å². The van der Waals surface area contributed by atoms with E-state index in [0.29, 0.717) is 23.2 Å². The number of aromatic nitrogens is 2. The Kier molecular flexibility index (Phi) is 5.17. The van der Waals surface area contributed by atoms with Gasteiger partial charge in [-0.25, -0.2) is 4.68 Å². The zero-order valence-corrected chi connectivity index (χ0v) is 16.3. The highest BCUT2D eigenvalue weighted by molar-refractivity contribution is 6.11. The van der Waals surface area contributed by atoms with E-state index in [2.05, 4.69) is 17.2 Å². The Bertz CT molecular complexity index is 926. The van der Waals surface area contributed by atoms with Crippen molar-refractivity contribution in [2.45, 2.75) is 45.6 Å². The smallest absolute Gasteiger partial charge is 0.221 e. The van der Waals surface area contributed by atoms with Crippen molar-refractivity contribution in [2.24, 2.45) is 0 Å². The second-order valence-electron chi connectivity index (χ2n) is 7.82. The number of ketones is 1. The standard InChI is InChI=1S/C23H26N2O2/c1-16(2)20-19(21(26)18-13-9-6-10-14-18)22(27)25(24-20)23(3,4)15-17-11-7-5-8-12-17/h5-14,16,27H,15H2,1-4H3. The van der Waals surface area contributed by atoms with E-state index in [4.69, 9.17) is 0 Å². The van der Waals surface area contributed by atoms with Gasteiger partial charge in [0, 0.05) is 5.56 Å². The van der Waals surface area contributed by atoms with Gasteiger partial charge in [0.2, 0.25) is 5.88 Å². The number of hydrogen-bond acceptors (Lipinski definition) is 3. The third-order valence-electron chi connectivity index (χ3n) is 4.75. The van der Waals surface area contributed by atoms with Gasteiger partial charge < -0.3 is 5.11 Å². The van der Waals surface area contributed by atoms with E-state index in [-0.39, 0.29) is 17.6 Å². The predicted octanol–water partition coefficient (Wildman–Crippen LogP) is 4.92. The average Bonchev–Trinajstić information content (AvgIpc) is 3.01. The summed E-state index contributed by atoms with van der Waals surface area (Å²) in [6.45, 7) is 8.01. The number of hydrogen-bond donors (Lipinski definition) is 1. The molecule has 2 aromatic carbocycles. The molecular formula is C23H26N2O2. The van der Waals surface area contributed by atoms with E-state index in [1.807, 2.05) is 64.1 Å². The summed E-state index contributed by atoms with van der Waals surface area (Å²) in [4.78, 5) is 13.1. The third kappa shape index (κ3) is 3.80. The van der Waals surface area contributed by atoms with E-state index < -0.39 is 5.54 Å². The van der Waals surface area contributed by atoms with Crippen LogP contribution in [0.1, 0.15) is 60.8 Å². The Hall–Kier alpha value is -2.88. The Morgan fingerprint density at radius 2 is 1.59 bits per heavy atom. The van der Waals surface area contributed by atoms with Crippen LogP contribution in [0, 0.1) is 0 Å². The van der Waals surface area contributed by atoms with E-state index in [9.17, 15) is 9.90 Å². The Balaban J connectivity index is 2.06. The second kappa shape index (κ2) is 7.39. The molecule has 0 aliphatic carbocycles. The summed E-state index contributed by atoms with van der Waals surface area (Å²) < 4.78 is 1.60. The molecule has 4 nitrogen and oxygen atoms in total. The fourth-order valence-corrected chi connectivity index (χ4v) is 3.37. The minimum absolute atomic E-state index is 0.0207. The van der Waals surface area contributed by atoms with Crippen LogP contribution in [-0.2, 0) is 12.0 Å². The number of carbonyl (C=O) groups excluding carboxylic acids is 1. The van der Waals surface area contributed by atoms with Gasteiger partial charge in [0.05, 0.1) is 11.2 Å². The van der Waals surface area contributed by atoms with Crippen LogP contribution < -0.4 is 0 Å². The molecule has 0 radical (unpaired) electrons. The number of rotatable bonds is 6. The van der Waals surface area contributed by atoms with Crippen LogP contribution in [0.3, 0.4) is 0 Å². The molecule has 0 fully saturated rings. The van der Waals surface area contributed by atoms with Crippen LogP contribution in [0.2, 0.25) is 0 Å². The fraction of sp³-hybridized carbons (Fsp3) is 0.304. The summed E-state index contributed by atoms with van der Waals surface area (Å²) in [5, 5.41) is 15.7. The van der Waals surface area contributed by atoms with Crippen LogP contribution in [-0.4, -0.2) is 20.7 Å². The molecule has 0 unspecified atom stereocenters. The lowest BCUT2D eigenvalue weighted by Gasteiger charge is -2.26. The summed E-state index contributed by atoms with van der Waals surface area (Å²) in [5.41, 5.74) is 2.15. The maximum absolute atomic E-state index is 13.1. The maximum atomic E-state index is 13.1. The maximum Gasteiger partial charge on any atom is 0.221 e. The summed E-state index contributed by atoms with van der Waals surface area (Å²) in [6.07, 6.45) is 0.694. The lowest BCUT2D eigenvalue weighted by Crippen LogP contribution is -2.30. The SMILES string of the molecule is CC(C)c1nn(C(C)(C)Cc2ccccc2)c(O)c1C(=O)c1ccccc1. The van der Waals surface area contributed by atoms with Gasteiger partial charge in [-0.15, -0.1) is 0 Å². The monoisotopic (exact) mass is 362 g/mol. The van der Waals surface area contributed by atoms with Crippen LogP contribution >= 0.6 is 0 Å². The van der Waals surface area contributed by atoms with Crippen LogP contribution in [0.5, 0.6) is 5.88 Å². The van der Waals surface area contributed by atoms with E-state index >= 15 is 0 Å². The predicted molar refractivity (Wildman–Crippen MR) is 107 cm³/mol. The normalized spacial score (nSPS) is 11.7. The number of nitrogens with zero attached hydrogens (tertiary/aromatic N) is 2. The molecule has 27 heavy (non-hydrogen) atoms. The van der Waals surface area contributed by atoms with Crippen LogP contribution in [0.25, 0.3) is 0 Å². The second-order valence-corrected chi connectivity index (χ2v) is 7.82. The van der Waals surface area contributed by atoms with Crippen molar-refractivity contribution in [1.82, 2.24) is 9.78 Å². The summed E-state index contributed by atoms with van der Waals surface area (Å²) in [6, 6.07) is 19.1. The average molecular weight is 362 g/mol. The van der Waals surface area contributed by atoms with E-state index in [0.717, 1.165) is 5.56 Å². The molecule has 1 N–H and O–H groups in total. The highest BCUT2D eigenvalue weighted by atomic mass is 16.3. The molecule has 1 heterocycles. The molecule has 0 saturated carbocycles. The van der Waals surface area contributed by atoms with Crippen LogP contribution in [0.4, 0.5) is 0 Å². The fourth-order valence-electron chi connectivity index (χ4n) is 3.37. The van der Waals surface area contributed by atoms with Gasteiger partial charge in [-0.2, -0.15) is 5.10 Å². The van der Waals surface area contributed by atoms with Crippen molar-refractivity contribution in [1.29, 1.82) is 0 Å². The highest BCUT2D eigenvalue weighted by Gasteiger charge is 2.32. The molecule has 0 amide bonds. The Morgan fingerprint density at radius 3 is 2.15 bits per heavy atom. The zero-order valence-electron chi connectivity index (χ0n) is 16.3. The molecule has 0 bridgehead atoms. The van der Waals surface area contributed by atoms with Gasteiger partial charge in [-0.3, -0.25) is 4.79 Å². The number of benzene rings is 2. The van der Waals surface area contributed by atoms with Gasteiger partial charge in [0.15, 0.2) is 5.78 Å². The minimum Gasteiger partial charge on any atom is -0.493 e. The first kappa shape index (κ1) is 18.9. The lowest BCUT2D eigenvalue weighted by atomic mass is 9.94. The van der Waals surface area contributed by atoms with Gasteiger partial charge in [0.1, 0.15) is 5.56 Å². The first-order chi connectivity index (χ1) is 12.8. The third-order valence-corrected chi connectivity index (χ3v) is 4.75. The van der Waals surface area contributed by atoms with Gasteiger partial charge in [0.25, 0.3) is 0 Å². The molecule has 1 aromatic heterocycles. The summed E-state index contributed by atoms with van der Waals surface area (Å²) >= 11 is 0. The van der Waals surface area contributed by atoms with Crippen molar-refractivity contribution in [3.63, 3.8) is 0 Å². The molecule has 4 heteroatoms. The van der Waals surface area contributed by atoms with Gasteiger partial charge in [-0.1, -0.05) is 74.5 Å². The van der Waals surface area contributed by atoms with Crippen molar-refractivity contribution in [2.75, 3.05) is 0 Å². The molecule has 0 spiro atoms. The van der Waals surface area contributed by atoms with Crippen molar-refractivity contribution < 1.29 is 9.90 Å². The number of aromatic hydroxyl groups is 1. The van der Waals surface area contributed by atoms with Crippen LogP contribution in [0.15, 0.2) is 60.7 Å². The van der Waals surface area contributed by atoms with Crippen molar-refractivity contribution in [3.05, 3.63) is 83.0 Å². The molecule has 0 saturated heterocycles. The summed E-state index contributed by atoms with van der Waals surface area (Å²) in [5.74, 6) is -0.237. The quantitative estimate of drug-likeness (QED) is 0.633. The molecule has 0 aliphatic heterocycles. The number of carbonyl (C=O) groups is 1. The van der Waals surface area contributed by atoms with Gasteiger partial charge >= 0.3 is 0 Å². The van der Waals surface area contributed by atoms with E-state index in [1.165, 1.54) is 0 Å². The summed E-state index contributed by atoms with van der Waals surface area (Å²) in [7, 11) is 0.